The molecule has 3 nitrogen and oxygen atoms in total. The summed E-state index contributed by atoms with van der Waals surface area (Å²) in [4.78, 5) is 0. The summed E-state index contributed by atoms with van der Waals surface area (Å²) in [5.41, 5.74) is -0.357. The van der Waals surface area contributed by atoms with Crippen LogP contribution in [0.3, 0.4) is 0 Å². The number of rotatable bonds is 2. The molecule has 1 aliphatic heterocycles. The summed E-state index contributed by atoms with van der Waals surface area (Å²) in [6.07, 6.45) is 2.05. The van der Waals surface area contributed by atoms with Gasteiger partial charge in [0, 0.05) is 18.2 Å². The second kappa shape index (κ2) is 4.36. The van der Waals surface area contributed by atoms with Crippen molar-refractivity contribution in [3.63, 3.8) is 0 Å². The Morgan fingerprint density at radius 1 is 1.32 bits per heavy atom. The van der Waals surface area contributed by atoms with Crippen LogP contribution in [0, 0.1) is 0 Å². The van der Waals surface area contributed by atoms with Crippen LogP contribution in [-0.4, -0.2) is 17.3 Å². The van der Waals surface area contributed by atoms with Gasteiger partial charge in [-0.05, 0) is 25.5 Å². The highest BCUT2D eigenvalue weighted by Crippen LogP contribution is 2.42. The van der Waals surface area contributed by atoms with Gasteiger partial charge >= 0.3 is 0 Å². The quantitative estimate of drug-likeness (QED) is 0.897. The average molecular weight is 260 g/mol. The van der Waals surface area contributed by atoms with E-state index in [2.05, 4.69) is 13.8 Å². The first-order valence-corrected chi connectivity index (χ1v) is 6.90. The molecule has 1 aromatic carbocycles. The molecular weight excluding hydrogens is 240 g/mol. The van der Waals surface area contributed by atoms with Crippen molar-refractivity contribution in [3.05, 3.63) is 36.1 Å². The summed E-state index contributed by atoms with van der Waals surface area (Å²) < 4.78 is 11.6. The summed E-state index contributed by atoms with van der Waals surface area (Å²) in [6.45, 7) is 4.71. The molecule has 2 heterocycles. The first-order valence-electron chi connectivity index (χ1n) is 6.90. The number of para-hydroxylation sites is 1. The summed E-state index contributed by atoms with van der Waals surface area (Å²) in [7, 11) is 0. The molecule has 1 saturated heterocycles. The van der Waals surface area contributed by atoms with Crippen molar-refractivity contribution in [2.24, 2.45) is 0 Å². The zero-order valence-electron chi connectivity index (χ0n) is 11.5. The highest BCUT2D eigenvalue weighted by Gasteiger charge is 2.44. The molecule has 19 heavy (non-hydrogen) atoms. The van der Waals surface area contributed by atoms with E-state index < -0.39 is 5.60 Å². The van der Waals surface area contributed by atoms with Crippen LogP contribution in [0.1, 0.15) is 38.9 Å². The molecule has 1 fully saturated rings. The largest absolute Gasteiger partial charge is 0.458 e. The molecule has 3 rings (SSSR count). The summed E-state index contributed by atoms with van der Waals surface area (Å²) in [6, 6.07) is 9.81. The number of ether oxygens (including phenoxy) is 1. The van der Waals surface area contributed by atoms with E-state index in [1.807, 2.05) is 30.3 Å². The van der Waals surface area contributed by atoms with Crippen LogP contribution in [0.5, 0.6) is 0 Å². The first kappa shape index (κ1) is 12.7. The van der Waals surface area contributed by atoms with Gasteiger partial charge in [-0.2, -0.15) is 0 Å². The van der Waals surface area contributed by atoms with Gasteiger partial charge in [-0.25, -0.2) is 0 Å². The zero-order chi connectivity index (χ0) is 13.5. The van der Waals surface area contributed by atoms with Crippen molar-refractivity contribution < 1.29 is 14.3 Å². The summed E-state index contributed by atoms with van der Waals surface area (Å²) in [5.74, 6) is 0.664. The topological polar surface area (TPSA) is 42.6 Å². The van der Waals surface area contributed by atoms with Crippen LogP contribution >= 0.6 is 0 Å². The molecular formula is C16H20O3. The molecule has 2 atom stereocenters. The minimum absolute atomic E-state index is 0.272. The maximum absolute atomic E-state index is 10.9. The van der Waals surface area contributed by atoms with Gasteiger partial charge in [0.1, 0.15) is 16.9 Å². The Kier molecular flexibility index (Phi) is 2.91. The summed E-state index contributed by atoms with van der Waals surface area (Å²) in [5, 5.41) is 12.0. The van der Waals surface area contributed by atoms with Crippen molar-refractivity contribution >= 4 is 11.0 Å². The molecule has 2 unspecified atom stereocenters. The van der Waals surface area contributed by atoms with Gasteiger partial charge in [-0.1, -0.05) is 25.1 Å². The van der Waals surface area contributed by atoms with Crippen LogP contribution in [-0.2, 0) is 10.3 Å². The van der Waals surface area contributed by atoms with Crippen molar-refractivity contribution in [2.75, 3.05) is 6.61 Å². The Hall–Kier alpha value is -1.32. The molecule has 0 bridgehead atoms. The van der Waals surface area contributed by atoms with Gasteiger partial charge < -0.3 is 14.3 Å². The zero-order valence-corrected chi connectivity index (χ0v) is 11.5. The third kappa shape index (κ3) is 2.17. The number of hydrogen-bond donors (Lipinski definition) is 1. The highest BCUT2D eigenvalue weighted by molar-refractivity contribution is 5.77. The van der Waals surface area contributed by atoms with Crippen LogP contribution < -0.4 is 0 Å². The van der Waals surface area contributed by atoms with Crippen LogP contribution in [0.2, 0.25) is 0 Å². The van der Waals surface area contributed by atoms with Crippen LogP contribution in [0.25, 0.3) is 11.0 Å². The van der Waals surface area contributed by atoms with E-state index in [0.717, 1.165) is 17.4 Å². The van der Waals surface area contributed by atoms with E-state index in [9.17, 15) is 5.11 Å². The normalized spacial score (nSPS) is 31.7. The minimum Gasteiger partial charge on any atom is -0.458 e. The van der Waals surface area contributed by atoms with E-state index in [1.165, 1.54) is 0 Å². The molecule has 1 N–H and O–H groups in total. The monoisotopic (exact) mass is 260 g/mol. The van der Waals surface area contributed by atoms with Crippen molar-refractivity contribution in [2.45, 2.75) is 44.3 Å². The maximum atomic E-state index is 10.9. The SMILES string of the molecule is CCC1(C)CC(O)(c2cc3ccccc3o2)CCO1. The van der Waals surface area contributed by atoms with Crippen LogP contribution in [0.4, 0.5) is 0 Å². The number of hydrogen-bond acceptors (Lipinski definition) is 3. The molecule has 3 heteroatoms. The lowest BCUT2D eigenvalue weighted by atomic mass is 9.80. The third-order valence-corrected chi connectivity index (χ3v) is 4.26. The highest BCUT2D eigenvalue weighted by atomic mass is 16.5. The van der Waals surface area contributed by atoms with Gasteiger partial charge in [-0.15, -0.1) is 0 Å². The molecule has 102 valence electrons. The fraction of sp³-hybridized carbons (Fsp3) is 0.500. The van der Waals surface area contributed by atoms with Crippen LogP contribution in [0.15, 0.2) is 34.7 Å². The number of furan rings is 1. The van der Waals surface area contributed by atoms with E-state index >= 15 is 0 Å². The fourth-order valence-corrected chi connectivity index (χ4v) is 2.87. The Morgan fingerprint density at radius 2 is 2.11 bits per heavy atom. The molecule has 1 aromatic heterocycles. The molecule has 0 saturated carbocycles. The summed E-state index contributed by atoms with van der Waals surface area (Å²) >= 11 is 0. The number of fused-ring (bicyclic) bond motifs is 1. The smallest absolute Gasteiger partial charge is 0.137 e. The van der Waals surface area contributed by atoms with E-state index in [4.69, 9.17) is 9.15 Å². The van der Waals surface area contributed by atoms with Crippen molar-refractivity contribution in [3.8, 4) is 0 Å². The Bertz CT molecular complexity index is 555. The predicted molar refractivity (Wildman–Crippen MR) is 74.0 cm³/mol. The predicted octanol–water partition coefficient (Wildman–Crippen LogP) is 3.60. The Balaban J connectivity index is 1.99. The molecule has 1 aliphatic rings. The second-order valence-corrected chi connectivity index (χ2v) is 5.76. The Morgan fingerprint density at radius 3 is 2.84 bits per heavy atom. The molecule has 0 amide bonds. The average Bonchev–Trinajstić information content (AvgIpc) is 2.83. The van der Waals surface area contributed by atoms with E-state index in [-0.39, 0.29) is 5.60 Å². The lowest BCUT2D eigenvalue weighted by molar-refractivity contribution is -0.163. The standard InChI is InChI=1S/C16H20O3/c1-3-15(2)11-16(17,8-9-18-15)14-10-12-6-4-5-7-13(12)19-14/h4-7,10,17H,3,8-9,11H2,1-2H3. The van der Waals surface area contributed by atoms with Crippen molar-refractivity contribution in [1.82, 2.24) is 0 Å². The molecule has 0 aliphatic carbocycles. The fourth-order valence-electron chi connectivity index (χ4n) is 2.87. The molecule has 0 radical (unpaired) electrons. The minimum atomic E-state index is -0.915. The van der Waals surface area contributed by atoms with Gasteiger partial charge in [-0.3, -0.25) is 0 Å². The second-order valence-electron chi connectivity index (χ2n) is 5.76. The van der Waals surface area contributed by atoms with Gasteiger partial charge in [0.15, 0.2) is 0 Å². The third-order valence-electron chi connectivity index (χ3n) is 4.26. The first-order chi connectivity index (χ1) is 9.05. The number of aliphatic hydroxyl groups is 1. The van der Waals surface area contributed by atoms with Gasteiger partial charge in [0.2, 0.25) is 0 Å². The van der Waals surface area contributed by atoms with E-state index in [1.54, 1.807) is 0 Å². The van der Waals surface area contributed by atoms with Gasteiger partial charge in [0.05, 0.1) is 12.2 Å². The molecule has 0 spiro atoms. The van der Waals surface area contributed by atoms with E-state index in [0.29, 0.717) is 25.2 Å². The van der Waals surface area contributed by atoms with Gasteiger partial charge in [0.25, 0.3) is 0 Å². The lowest BCUT2D eigenvalue weighted by Crippen LogP contribution is -2.45. The number of benzene rings is 1. The lowest BCUT2D eigenvalue weighted by Gasteiger charge is -2.42. The van der Waals surface area contributed by atoms with Crippen molar-refractivity contribution in [1.29, 1.82) is 0 Å². The Labute approximate surface area is 113 Å². The maximum Gasteiger partial charge on any atom is 0.137 e. The molecule has 2 aromatic rings.